The highest BCUT2D eigenvalue weighted by molar-refractivity contribution is 5.94. The van der Waals surface area contributed by atoms with E-state index in [4.69, 9.17) is 4.74 Å². The van der Waals surface area contributed by atoms with Gasteiger partial charge in [0.2, 0.25) is 5.91 Å². The molecule has 0 spiro atoms. The molecule has 2 amide bonds. The van der Waals surface area contributed by atoms with Gasteiger partial charge in [-0.25, -0.2) is 0 Å². The summed E-state index contributed by atoms with van der Waals surface area (Å²) in [7, 11) is 0. The molecule has 6 heteroatoms. The van der Waals surface area contributed by atoms with Gasteiger partial charge in [-0.3, -0.25) is 14.5 Å². The van der Waals surface area contributed by atoms with Crippen LogP contribution in [0.25, 0.3) is 0 Å². The van der Waals surface area contributed by atoms with Gasteiger partial charge in [-0.1, -0.05) is 18.2 Å². The highest BCUT2D eigenvalue weighted by Gasteiger charge is 2.33. The SMILES string of the molecule is C[C@@H]1CN(C(=O)[C@H](C)N2CCN(C(=O)c3ccccc3)CC2)C[C@@H](C)O1. The maximum Gasteiger partial charge on any atom is 0.253 e. The first-order valence-corrected chi connectivity index (χ1v) is 9.48. The number of hydrogen-bond acceptors (Lipinski definition) is 4. The third kappa shape index (κ3) is 4.24. The van der Waals surface area contributed by atoms with Crippen LogP contribution >= 0.6 is 0 Å². The Balaban J connectivity index is 1.54. The van der Waals surface area contributed by atoms with Crippen molar-refractivity contribution in [1.29, 1.82) is 0 Å². The van der Waals surface area contributed by atoms with Gasteiger partial charge in [0.15, 0.2) is 0 Å². The largest absolute Gasteiger partial charge is 0.372 e. The summed E-state index contributed by atoms with van der Waals surface area (Å²) in [5, 5.41) is 0. The summed E-state index contributed by atoms with van der Waals surface area (Å²) in [5.41, 5.74) is 0.723. The van der Waals surface area contributed by atoms with E-state index in [1.807, 2.05) is 60.9 Å². The summed E-state index contributed by atoms with van der Waals surface area (Å²) in [6, 6.07) is 9.21. The minimum atomic E-state index is -0.165. The lowest BCUT2D eigenvalue weighted by atomic mass is 10.1. The average molecular weight is 359 g/mol. The molecular formula is C20H29N3O3. The predicted molar refractivity (Wildman–Crippen MR) is 100.0 cm³/mol. The third-order valence-electron chi connectivity index (χ3n) is 5.26. The third-order valence-corrected chi connectivity index (χ3v) is 5.26. The molecule has 2 saturated heterocycles. The van der Waals surface area contributed by atoms with Crippen molar-refractivity contribution >= 4 is 11.8 Å². The Labute approximate surface area is 155 Å². The number of morpholine rings is 1. The van der Waals surface area contributed by atoms with Crippen LogP contribution in [-0.2, 0) is 9.53 Å². The second-order valence-electron chi connectivity index (χ2n) is 7.37. The Morgan fingerprint density at radius 2 is 1.54 bits per heavy atom. The summed E-state index contributed by atoms with van der Waals surface area (Å²) in [5.74, 6) is 0.231. The van der Waals surface area contributed by atoms with Crippen molar-refractivity contribution < 1.29 is 14.3 Å². The molecule has 2 aliphatic rings. The van der Waals surface area contributed by atoms with Gasteiger partial charge in [0.1, 0.15) is 0 Å². The van der Waals surface area contributed by atoms with Gasteiger partial charge in [0, 0.05) is 44.8 Å². The highest BCUT2D eigenvalue weighted by Crippen LogP contribution is 2.16. The van der Waals surface area contributed by atoms with Crippen molar-refractivity contribution in [3.63, 3.8) is 0 Å². The van der Waals surface area contributed by atoms with Gasteiger partial charge in [-0.2, -0.15) is 0 Å². The monoisotopic (exact) mass is 359 g/mol. The zero-order valence-electron chi connectivity index (χ0n) is 15.9. The number of amides is 2. The summed E-state index contributed by atoms with van der Waals surface area (Å²) in [6.45, 7) is 10.1. The fourth-order valence-electron chi connectivity index (χ4n) is 3.85. The topological polar surface area (TPSA) is 53.1 Å². The maximum absolute atomic E-state index is 12.9. The van der Waals surface area contributed by atoms with Gasteiger partial charge in [-0.15, -0.1) is 0 Å². The van der Waals surface area contributed by atoms with E-state index in [2.05, 4.69) is 4.90 Å². The van der Waals surface area contributed by atoms with Crippen LogP contribution in [0, 0.1) is 0 Å². The number of hydrogen-bond donors (Lipinski definition) is 0. The van der Waals surface area contributed by atoms with Crippen LogP contribution in [0.5, 0.6) is 0 Å². The molecule has 0 N–H and O–H groups in total. The van der Waals surface area contributed by atoms with Gasteiger partial charge in [0.25, 0.3) is 5.91 Å². The molecule has 0 bridgehead atoms. The van der Waals surface area contributed by atoms with E-state index in [0.717, 1.165) is 18.7 Å². The van der Waals surface area contributed by atoms with Crippen LogP contribution in [-0.4, -0.2) is 84.0 Å². The van der Waals surface area contributed by atoms with E-state index in [1.165, 1.54) is 0 Å². The molecule has 2 aliphatic heterocycles. The molecule has 3 atom stereocenters. The Hall–Kier alpha value is -1.92. The Kier molecular flexibility index (Phi) is 5.94. The van der Waals surface area contributed by atoms with Crippen LogP contribution in [0.3, 0.4) is 0 Å². The molecule has 1 aromatic rings. The molecule has 0 unspecified atom stereocenters. The number of benzene rings is 1. The average Bonchev–Trinajstić information content (AvgIpc) is 2.66. The number of ether oxygens (including phenoxy) is 1. The fraction of sp³-hybridized carbons (Fsp3) is 0.600. The molecule has 142 valence electrons. The van der Waals surface area contributed by atoms with E-state index in [9.17, 15) is 9.59 Å². The van der Waals surface area contributed by atoms with Crippen molar-refractivity contribution in [2.24, 2.45) is 0 Å². The predicted octanol–water partition coefficient (Wildman–Crippen LogP) is 1.47. The molecule has 2 heterocycles. The Morgan fingerprint density at radius 3 is 2.12 bits per heavy atom. The molecule has 0 aromatic heterocycles. The summed E-state index contributed by atoms with van der Waals surface area (Å²) in [6.07, 6.45) is 0.158. The lowest BCUT2D eigenvalue weighted by Crippen LogP contribution is -2.58. The van der Waals surface area contributed by atoms with E-state index >= 15 is 0 Å². The molecule has 0 radical (unpaired) electrons. The highest BCUT2D eigenvalue weighted by atomic mass is 16.5. The van der Waals surface area contributed by atoms with Crippen LogP contribution in [0.1, 0.15) is 31.1 Å². The van der Waals surface area contributed by atoms with Crippen LogP contribution in [0.2, 0.25) is 0 Å². The van der Waals surface area contributed by atoms with Crippen molar-refractivity contribution in [3.8, 4) is 0 Å². The number of carbonyl (C=O) groups excluding carboxylic acids is 2. The smallest absolute Gasteiger partial charge is 0.253 e. The van der Waals surface area contributed by atoms with E-state index in [-0.39, 0.29) is 30.1 Å². The number of piperazine rings is 1. The number of nitrogens with zero attached hydrogens (tertiary/aromatic N) is 3. The lowest BCUT2D eigenvalue weighted by Gasteiger charge is -2.41. The minimum Gasteiger partial charge on any atom is -0.372 e. The normalized spacial score (nSPS) is 25.8. The molecule has 26 heavy (non-hydrogen) atoms. The molecule has 2 fully saturated rings. The first-order chi connectivity index (χ1) is 12.5. The first kappa shape index (κ1) is 18.9. The van der Waals surface area contributed by atoms with E-state index in [0.29, 0.717) is 26.2 Å². The summed E-state index contributed by atoms with van der Waals surface area (Å²) >= 11 is 0. The Bertz CT molecular complexity index is 618. The zero-order valence-corrected chi connectivity index (χ0v) is 15.9. The van der Waals surface area contributed by atoms with Gasteiger partial charge < -0.3 is 14.5 Å². The van der Waals surface area contributed by atoms with E-state index in [1.54, 1.807) is 0 Å². The second kappa shape index (κ2) is 8.18. The van der Waals surface area contributed by atoms with Gasteiger partial charge in [-0.05, 0) is 32.9 Å². The molecule has 3 rings (SSSR count). The van der Waals surface area contributed by atoms with Crippen LogP contribution in [0.4, 0.5) is 0 Å². The molecule has 0 aliphatic carbocycles. The van der Waals surface area contributed by atoms with Crippen LogP contribution in [0.15, 0.2) is 30.3 Å². The quantitative estimate of drug-likeness (QED) is 0.820. The standard InChI is InChI=1S/C20H29N3O3/c1-15-13-23(14-16(2)26-15)19(24)17(3)21-9-11-22(12-10-21)20(25)18-7-5-4-6-8-18/h4-8,15-17H,9-14H2,1-3H3/t15-,16-,17+/m1/s1. The summed E-state index contributed by atoms with van der Waals surface area (Å²) in [4.78, 5) is 31.4. The van der Waals surface area contributed by atoms with E-state index < -0.39 is 0 Å². The van der Waals surface area contributed by atoms with Crippen molar-refractivity contribution in [1.82, 2.24) is 14.7 Å². The molecule has 1 aromatic carbocycles. The van der Waals surface area contributed by atoms with Crippen molar-refractivity contribution in [2.75, 3.05) is 39.3 Å². The fourth-order valence-corrected chi connectivity index (χ4v) is 3.85. The molecular weight excluding hydrogens is 330 g/mol. The molecule has 0 saturated carbocycles. The summed E-state index contributed by atoms with van der Waals surface area (Å²) < 4.78 is 5.72. The number of rotatable bonds is 3. The Morgan fingerprint density at radius 1 is 0.962 bits per heavy atom. The molecule has 6 nitrogen and oxygen atoms in total. The lowest BCUT2D eigenvalue weighted by molar-refractivity contribution is -0.148. The van der Waals surface area contributed by atoms with Gasteiger partial charge in [0.05, 0.1) is 18.2 Å². The maximum atomic E-state index is 12.9. The van der Waals surface area contributed by atoms with Gasteiger partial charge >= 0.3 is 0 Å². The number of carbonyl (C=O) groups is 2. The first-order valence-electron chi connectivity index (χ1n) is 9.48. The second-order valence-corrected chi connectivity index (χ2v) is 7.37. The van der Waals surface area contributed by atoms with Crippen LogP contribution < -0.4 is 0 Å². The zero-order chi connectivity index (χ0) is 18.7. The van der Waals surface area contributed by atoms with Crippen molar-refractivity contribution in [3.05, 3.63) is 35.9 Å². The van der Waals surface area contributed by atoms with Crippen molar-refractivity contribution in [2.45, 2.75) is 39.0 Å². The minimum absolute atomic E-state index is 0.0695.